The van der Waals surface area contributed by atoms with Gasteiger partial charge in [0.2, 0.25) is 0 Å². The molecular formula is C29H40OS. The van der Waals surface area contributed by atoms with Crippen molar-refractivity contribution in [3.63, 3.8) is 0 Å². The van der Waals surface area contributed by atoms with Crippen LogP contribution in [0.15, 0.2) is 54.6 Å². The highest BCUT2D eigenvalue weighted by Gasteiger charge is 2.13. The van der Waals surface area contributed by atoms with E-state index in [2.05, 4.69) is 70.2 Å². The molecule has 0 aliphatic carbocycles. The third kappa shape index (κ3) is 9.82. The van der Waals surface area contributed by atoms with E-state index in [-0.39, 0.29) is 5.41 Å². The molecule has 0 N–H and O–H groups in total. The summed E-state index contributed by atoms with van der Waals surface area (Å²) >= 11 is 5.59. The minimum Gasteiger partial charge on any atom is -0.494 e. The lowest BCUT2D eigenvalue weighted by Gasteiger charge is -2.19. The van der Waals surface area contributed by atoms with Crippen molar-refractivity contribution in [2.24, 2.45) is 0 Å². The lowest BCUT2D eigenvalue weighted by molar-refractivity contribution is 0.304. The fourth-order valence-electron chi connectivity index (χ4n) is 3.50. The zero-order valence-corrected chi connectivity index (χ0v) is 20.8. The summed E-state index contributed by atoms with van der Waals surface area (Å²) in [5.41, 5.74) is 3.71. The van der Waals surface area contributed by atoms with Crippen LogP contribution in [0.1, 0.15) is 95.8 Å². The Morgan fingerprint density at radius 2 is 1.39 bits per heavy atom. The summed E-state index contributed by atoms with van der Waals surface area (Å²) in [5.74, 6) is 0.945. The van der Waals surface area contributed by atoms with Gasteiger partial charge in [0.05, 0.1) is 6.61 Å². The standard InChI is InChI=1S/C29H40OS/c1-5-6-7-8-9-10-11-12-23-30-27-20-13-24(14-21-27)15-22-28(31)25-16-18-26(19-17-25)29(2,3)4/h13-22H,5-12,23H2,1-4H3. The fraction of sp³-hybridized carbons (Fsp3) is 0.483. The highest BCUT2D eigenvalue weighted by atomic mass is 32.1. The summed E-state index contributed by atoms with van der Waals surface area (Å²) in [7, 11) is 0. The van der Waals surface area contributed by atoms with Crippen molar-refractivity contribution in [1.82, 2.24) is 0 Å². The average molecular weight is 437 g/mol. The molecule has 0 amide bonds. The smallest absolute Gasteiger partial charge is 0.119 e. The Balaban J connectivity index is 1.71. The molecule has 0 saturated carbocycles. The molecule has 0 unspecified atom stereocenters. The van der Waals surface area contributed by atoms with Gasteiger partial charge in [0, 0.05) is 4.86 Å². The molecule has 0 bridgehead atoms. The Hall–Kier alpha value is -1.93. The summed E-state index contributed by atoms with van der Waals surface area (Å²) < 4.78 is 5.89. The molecule has 0 heterocycles. The van der Waals surface area contributed by atoms with Gasteiger partial charge in [-0.15, -0.1) is 0 Å². The van der Waals surface area contributed by atoms with Crippen molar-refractivity contribution >= 4 is 23.2 Å². The number of thiocarbonyl (C=S) groups is 1. The van der Waals surface area contributed by atoms with Gasteiger partial charge in [0.25, 0.3) is 0 Å². The lowest BCUT2D eigenvalue weighted by atomic mass is 9.86. The maximum absolute atomic E-state index is 5.89. The Morgan fingerprint density at radius 1 is 0.806 bits per heavy atom. The minimum atomic E-state index is 0.161. The van der Waals surface area contributed by atoms with Crippen LogP contribution < -0.4 is 4.74 Å². The quantitative estimate of drug-likeness (QED) is 0.134. The summed E-state index contributed by atoms with van der Waals surface area (Å²) in [4.78, 5) is 0.857. The van der Waals surface area contributed by atoms with Crippen LogP contribution in [0.2, 0.25) is 0 Å². The first kappa shape index (κ1) is 25.3. The second kappa shape index (κ2) is 13.5. The van der Waals surface area contributed by atoms with Crippen LogP contribution in [0, 0.1) is 0 Å². The van der Waals surface area contributed by atoms with E-state index < -0.39 is 0 Å². The first-order valence-electron chi connectivity index (χ1n) is 12.0. The maximum Gasteiger partial charge on any atom is 0.119 e. The Kier molecular flexibility index (Phi) is 11.0. The predicted molar refractivity (Wildman–Crippen MR) is 140 cm³/mol. The molecule has 0 atom stereocenters. The van der Waals surface area contributed by atoms with E-state index in [4.69, 9.17) is 17.0 Å². The Morgan fingerprint density at radius 3 is 1.97 bits per heavy atom. The Labute approximate surface area is 195 Å². The normalized spacial score (nSPS) is 11.7. The van der Waals surface area contributed by atoms with Crippen molar-refractivity contribution < 1.29 is 4.74 Å². The first-order chi connectivity index (χ1) is 14.9. The zero-order valence-electron chi connectivity index (χ0n) is 20.0. The molecule has 2 aromatic rings. The number of rotatable bonds is 13. The van der Waals surface area contributed by atoms with Gasteiger partial charge >= 0.3 is 0 Å². The number of allylic oxidation sites excluding steroid dienone is 1. The van der Waals surface area contributed by atoms with Crippen LogP contribution in [0.5, 0.6) is 5.75 Å². The number of benzene rings is 2. The van der Waals surface area contributed by atoms with E-state index in [1.54, 1.807) is 0 Å². The largest absolute Gasteiger partial charge is 0.494 e. The van der Waals surface area contributed by atoms with Crippen molar-refractivity contribution in [2.75, 3.05) is 6.61 Å². The van der Waals surface area contributed by atoms with E-state index in [9.17, 15) is 0 Å². The molecule has 0 spiro atoms. The molecule has 1 nitrogen and oxygen atoms in total. The molecule has 2 rings (SSSR count). The summed E-state index contributed by atoms with van der Waals surface area (Å²) in [6, 6.07) is 16.9. The highest BCUT2D eigenvalue weighted by Crippen LogP contribution is 2.22. The van der Waals surface area contributed by atoms with E-state index in [0.29, 0.717) is 0 Å². The molecule has 0 aromatic heterocycles. The van der Waals surface area contributed by atoms with Crippen LogP contribution in [-0.4, -0.2) is 11.5 Å². The van der Waals surface area contributed by atoms with Gasteiger partial charge in [0.15, 0.2) is 0 Å². The van der Waals surface area contributed by atoms with Crippen LogP contribution >= 0.6 is 12.2 Å². The molecule has 0 saturated heterocycles. The maximum atomic E-state index is 5.89. The van der Waals surface area contributed by atoms with E-state index in [0.717, 1.165) is 34.8 Å². The number of hydrogen-bond acceptors (Lipinski definition) is 2. The van der Waals surface area contributed by atoms with Crippen LogP contribution in [-0.2, 0) is 5.41 Å². The van der Waals surface area contributed by atoms with Crippen molar-refractivity contribution in [3.05, 3.63) is 71.3 Å². The highest BCUT2D eigenvalue weighted by molar-refractivity contribution is 7.81. The minimum absolute atomic E-state index is 0.161. The first-order valence-corrected chi connectivity index (χ1v) is 12.4. The van der Waals surface area contributed by atoms with Gasteiger partial charge in [0.1, 0.15) is 5.75 Å². The second-order valence-corrected chi connectivity index (χ2v) is 9.86. The average Bonchev–Trinajstić information content (AvgIpc) is 2.76. The molecule has 0 radical (unpaired) electrons. The topological polar surface area (TPSA) is 9.23 Å². The van der Waals surface area contributed by atoms with E-state index in [1.807, 2.05) is 18.2 Å². The van der Waals surface area contributed by atoms with Crippen molar-refractivity contribution in [1.29, 1.82) is 0 Å². The third-order valence-corrected chi connectivity index (χ3v) is 5.98. The third-order valence-electron chi connectivity index (χ3n) is 5.61. The zero-order chi connectivity index (χ0) is 22.5. The van der Waals surface area contributed by atoms with Gasteiger partial charge in [-0.25, -0.2) is 0 Å². The molecular weight excluding hydrogens is 396 g/mol. The molecule has 31 heavy (non-hydrogen) atoms. The Bertz CT molecular complexity index is 794. The van der Waals surface area contributed by atoms with E-state index >= 15 is 0 Å². The van der Waals surface area contributed by atoms with Crippen LogP contribution in [0.25, 0.3) is 6.08 Å². The molecule has 0 aliphatic heterocycles. The summed E-state index contributed by atoms with van der Waals surface area (Å²) in [6.45, 7) is 9.75. The molecule has 0 fully saturated rings. The monoisotopic (exact) mass is 436 g/mol. The van der Waals surface area contributed by atoms with Gasteiger partial charge < -0.3 is 4.74 Å². The second-order valence-electron chi connectivity index (χ2n) is 9.42. The van der Waals surface area contributed by atoms with Gasteiger partial charge in [-0.05, 0) is 46.7 Å². The number of hydrogen-bond donors (Lipinski definition) is 0. The summed E-state index contributed by atoms with van der Waals surface area (Å²) in [6.07, 6.45) is 14.7. The predicted octanol–water partition coefficient (Wildman–Crippen LogP) is 8.94. The molecule has 2 aromatic carbocycles. The number of unbranched alkanes of at least 4 members (excludes halogenated alkanes) is 7. The molecule has 168 valence electrons. The van der Waals surface area contributed by atoms with Crippen LogP contribution in [0.3, 0.4) is 0 Å². The van der Waals surface area contributed by atoms with Crippen molar-refractivity contribution in [3.8, 4) is 5.75 Å². The van der Waals surface area contributed by atoms with Crippen LogP contribution in [0.4, 0.5) is 0 Å². The van der Waals surface area contributed by atoms with Gasteiger partial charge in [-0.3, -0.25) is 0 Å². The lowest BCUT2D eigenvalue weighted by Crippen LogP contribution is -2.10. The summed E-state index contributed by atoms with van der Waals surface area (Å²) in [5, 5.41) is 0. The molecule has 0 aliphatic rings. The van der Waals surface area contributed by atoms with E-state index in [1.165, 1.54) is 50.5 Å². The number of ether oxygens (including phenoxy) is 1. The van der Waals surface area contributed by atoms with Gasteiger partial charge in [-0.1, -0.05) is 127 Å². The van der Waals surface area contributed by atoms with Gasteiger partial charge in [-0.2, -0.15) is 0 Å². The molecule has 2 heteroatoms. The fourth-order valence-corrected chi connectivity index (χ4v) is 3.71. The van der Waals surface area contributed by atoms with Crippen molar-refractivity contribution in [2.45, 2.75) is 84.5 Å². The SMILES string of the molecule is CCCCCCCCCCOc1ccc(C=CC(=S)c2ccc(C(C)(C)C)cc2)cc1.